The van der Waals surface area contributed by atoms with Crippen molar-refractivity contribution in [1.29, 1.82) is 0 Å². The molecular formula is C17H26N6O. The number of hydrogen-bond acceptors (Lipinski definition) is 4. The van der Waals surface area contributed by atoms with Crippen LogP contribution in [0.4, 0.5) is 0 Å². The second-order valence-corrected chi connectivity index (χ2v) is 6.53. The zero-order chi connectivity index (χ0) is 16.9. The van der Waals surface area contributed by atoms with E-state index in [1.807, 2.05) is 12.3 Å². The van der Waals surface area contributed by atoms with Crippen molar-refractivity contribution in [2.45, 2.75) is 26.3 Å². The number of aryl methyl sites for hydroxylation is 2. The van der Waals surface area contributed by atoms with Crippen LogP contribution in [0.3, 0.4) is 0 Å². The van der Waals surface area contributed by atoms with E-state index < -0.39 is 0 Å². The van der Waals surface area contributed by atoms with Gasteiger partial charge in [0.2, 0.25) is 0 Å². The summed E-state index contributed by atoms with van der Waals surface area (Å²) in [6.45, 7) is 7.00. The van der Waals surface area contributed by atoms with Gasteiger partial charge in [-0.15, -0.1) is 0 Å². The third-order valence-corrected chi connectivity index (χ3v) is 4.87. The number of piperidine rings is 1. The van der Waals surface area contributed by atoms with Gasteiger partial charge in [0.25, 0.3) is 5.91 Å². The molecule has 0 spiro atoms. The summed E-state index contributed by atoms with van der Waals surface area (Å²) < 4.78 is 3.66. The Hall–Kier alpha value is -2.15. The minimum Gasteiger partial charge on any atom is -0.350 e. The summed E-state index contributed by atoms with van der Waals surface area (Å²) >= 11 is 0. The Balaban J connectivity index is 1.37. The van der Waals surface area contributed by atoms with Gasteiger partial charge in [-0.25, -0.2) is 0 Å². The Morgan fingerprint density at radius 1 is 1.21 bits per heavy atom. The Bertz CT molecular complexity index is 668. The Labute approximate surface area is 142 Å². The molecule has 3 heterocycles. The summed E-state index contributed by atoms with van der Waals surface area (Å²) in [5.74, 6) is 0.524. The molecule has 24 heavy (non-hydrogen) atoms. The average Bonchev–Trinajstić information content (AvgIpc) is 3.20. The fourth-order valence-electron chi connectivity index (χ4n) is 3.21. The number of carbonyl (C=O) groups is 1. The minimum atomic E-state index is -0.0356. The van der Waals surface area contributed by atoms with Gasteiger partial charge in [0, 0.05) is 38.2 Å². The summed E-state index contributed by atoms with van der Waals surface area (Å²) in [5.41, 5.74) is 1.82. The van der Waals surface area contributed by atoms with E-state index in [1.165, 1.54) is 5.69 Å². The van der Waals surface area contributed by atoms with Crippen molar-refractivity contribution in [3.8, 4) is 0 Å². The molecule has 0 saturated carbocycles. The van der Waals surface area contributed by atoms with E-state index in [-0.39, 0.29) is 5.91 Å². The van der Waals surface area contributed by atoms with Gasteiger partial charge in [-0.3, -0.25) is 14.2 Å². The summed E-state index contributed by atoms with van der Waals surface area (Å²) in [4.78, 5) is 14.6. The number of amides is 1. The quantitative estimate of drug-likeness (QED) is 0.860. The van der Waals surface area contributed by atoms with E-state index in [0.717, 1.165) is 45.6 Å². The normalized spacial score (nSPS) is 16.4. The van der Waals surface area contributed by atoms with Crippen LogP contribution >= 0.6 is 0 Å². The molecule has 1 saturated heterocycles. The predicted octanol–water partition coefficient (Wildman–Crippen LogP) is 1.07. The molecule has 0 bridgehead atoms. The van der Waals surface area contributed by atoms with Gasteiger partial charge in [0.15, 0.2) is 0 Å². The first-order valence-corrected chi connectivity index (χ1v) is 8.60. The largest absolute Gasteiger partial charge is 0.350 e. The van der Waals surface area contributed by atoms with E-state index in [4.69, 9.17) is 0 Å². The molecule has 1 N–H and O–H groups in total. The number of carbonyl (C=O) groups excluding carboxylic acids is 1. The molecule has 130 valence electrons. The van der Waals surface area contributed by atoms with E-state index in [0.29, 0.717) is 11.6 Å². The van der Waals surface area contributed by atoms with Crippen LogP contribution in [-0.4, -0.2) is 56.5 Å². The maximum atomic E-state index is 12.1. The lowest BCUT2D eigenvalue weighted by atomic mass is 9.97. The number of nitrogens with zero attached hydrogens (tertiary/aromatic N) is 5. The molecule has 0 unspecified atom stereocenters. The molecular weight excluding hydrogens is 304 g/mol. The minimum absolute atomic E-state index is 0.0356. The van der Waals surface area contributed by atoms with E-state index >= 15 is 0 Å². The fraction of sp³-hybridized carbons (Fsp3) is 0.588. The molecule has 2 aromatic rings. The predicted molar refractivity (Wildman–Crippen MR) is 91.7 cm³/mol. The molecule has 0 radical (unpaired) electrons. The molecule has 1 aliphatic heterocycles. The van der Waals surface area contributed by atoms with Crippen LogP contribution in [0.2, 0.25) is 0 Å². The molecule has 3 rings (SSSR count). The molecule has 0 aromatic carbocycles. The monoisotopic (exact) mass is 330 g/mol. The zero-order valence-electron chi connectivity index (χ0n) is 14.5. The van der Waals surface area contributed by atoms with Crippen molar-refractivity contribution in [3.63, 3.8) is 0 Å². The maximum Gasteiger partial charge on any atom is 0.269 e. The Morgan fingerprint density at radius 3 is 2.58 bits per heavy atom. The van der Waals surface area contributed by atoms with Crippen LogP contribution < -0.4 is 5.32 Å². The second kappa shape index (κ2) is 7.61. The first-order chi connectivity index (χ1) is 11.6. The maximum absolute atomic E-state index is 12.1. The molecule has 0 aliphatic carbocycles. The molecule has 7 heteroatoms. The van der Waals surface area contributed by atoms with Gasteiger partial charge in [-0.1, -0.05) is 0 Å². The number of aromatic nitrogens is 4. The molecule has 1 fully saturated rings. The summed E-state index contributed by atoms with van der Waals surface area (Å²) in [6, 6.07) is 3.78. The van der Waals surface area contributed by atoms with E-state index in [9.17, 15) is 4.79 Å². The fourth-order valence-corrected chi connectivity index (χ4v) is 3.21. The summed E-state index contributed by atoms with van der Waals surface area (Å²) in [6.07, 6.45) is 5.76. The number of rotatable bonds is 6. The van der Waals surface area contributed by atoms with Crippen LogP contribution in [0.15, 0.2) is 24.5 Å². The van der Waals surface area contributed by atoms with E-state index in [1.54, 1.807) is 24.0 Å². The van der Waals surface area contributed by atoms with Gasteiger partial charge in [-0.2, -0.15) is 10.2 Å². The lowest BCUT2D eigenvalue weighted by Crippen LogP contribution is -2.40. The van der Waals surface area contributed by atoms with Gasteiger partial charge in [0.1, 0.15) is 5.69 Å². The number of likely N-dealkylation sites (tertiary alicyclic amines) is 1. The third kappa shape index (κ3) is 4.03. The SMILES string of the molecule is Cc1ccnn1CCN1CCC(CNC(=O)c2ccnn2C)CC1. The smallest absolute Gasteiger partial charge is 0.269 e. The average molecular weight is 330 g/mol. The number of hydrogen-bond donors (Lipinski definition) is 1. The van der Waals surface area contributed by atoms with Crippen LogP contribution in [-0.2, 0) is 13.6 Å². The van der Waals surface area contributed by atoms with Crippen LogP contribution in [0.5, 0.6) is 0 Å². The lowest BCUT2D eigenvalue weighted by Gasteiger charge is -2.32. The highest BCUT2D eigenvalue weighted by Gasteiger charge is 2.20. The highest BCUT2D eigenvalue weighted by atomic mass is 16.2. The summed E-state index contributed by atoms with van der Waals surface area (Å²) in [7, 11) is 1.79. The highest BCUT2D eigenvalue weighted by molar-refractivity contribution is 5.92. The standard InChI is InChI=1S/C17H26N6O/c1-14-3-7-20-23(14)12-11-22-9-5-15(6-10-22)13-18-17(24)16-4-8-19-21(16)2/h3-4,7-8,15H,5-6,9-13H2,1-2H3,(H,18,24). The first kappa shape index (κ1) is 16.7. The number of nitrogens with one attached hydrogen (secondary N) is 1. The van der Waals surface area contributed by atoms with Crippen LogP contribution in [0, 0.1) is 12.8 Å². The Kier molecular flexibility index (Phi) is 5.30. The first-order valence-electron chi connectivity index (χ1n) is 8.60. The van der Waals surface area contributed by atoms with Crippen LogP contribution in [0.1, 0.15) is 29.0 Å². The zero-order valence-corrected chi connectivity index (χ0v) is 14.5. The topological polar surface area (TPSA) is 68.0 Å². The van der Waals surface area contributed by atoms with Gasteiger partial charge in [0.05, 0.1) is 6.54 Å². The molecule has 7 nitrogen and oxygen atoms in total. The Morgan fingerprint density at radius 2 is 1.96 bits per heavy atom. The summed E-state index contributed by atoms with van der Waals surface area (Å²) in [5, 5.41) is 11.4. The lowest BCUT2D eigenvalue weighted by molar-refractivity contribution is 0.0926. The van der Waals surface area contributed by atoms with Gasteiger partial charge < -0.3 is 10.2 Å². The molecule has 2 aromatic heterocycles. The molecule has 0 atom stereocenters. The van der Waals surface area contributed by atoms with E-state index in [2.05, 4.69) is 32.0 Å². The van der Waals surface area contributed by atoms with Crippen molar-refractivity contribution in [3.05, 3.63) is 35.9 Å². The highest BCUT2D eigenvalue weighted by Crippen LogP contribution is 2.16. The van der Waals surface area contributed by atoms with Crippen molar-refractivity contribution < 1.29 is 4.79 Å². The molecule has 1 aliphatic rings. The second-order valence-electron chi connectivity index (χ2n) is 6.53. The van der Waals surface area contributed by atoms with Gasteiger partial charge in [-0.05, 0) is 50.9 Å². The van der Waals surface area contributed by atoms with Crippen LogP contribution in [0.25, 0.3) is 0 Å². The van der Waals surface area contributed by atoms with Crippen molar-refractivity contribution in [2.75, 3.05) is 26.2 Å². The van der Waals surface area contributed by atoms with Gasteiger partial charge >= 0.3 is 0 Å². The third-order valence-electron chi connectivity index (χ3n) is 4.87. The molecule has 1 amide bonds. The van der Waals surface area contributed by atoms with Crippen molar-refractivity contribution in [2.24, 2.45) is 13.0 Å². The van der Waals surface area contributed by atoms with Crippen molar-refractivity contribution in [1.82, 2.24) is 29.8 Å². The van der Waals surface area contributed by atoms with Crippen molar-refractivity contribution >= 4 is 5.91 Å².